The number of hydrogen-bond donors (Lipinski definition) is 3. The molecular formula is C12H19N3O3S. The number of anilines is 1. The summed E-state index contributed by atoms with van der Waals surface area (Å²) in [6.45, 7) is 2.08. The second-order valence-corrected chi connectivity index (χ2v) is 6.11. The van der Waals surface area contributed by atoms with E-state index >= 15 is 0 Å². The van der Waals surface area contributed by atoms with Gasteiger partial charge in [0.25, 0.3) is 0 Å². The molecule has 1 aromatic rings. The SMILES string of the molecule is Cc1ccc(S(=O)(=O)NCCCCC(N)=O)cc1N. The van der Waals surface area contributed by atoms with Gasteiger partial charge in [0.1, 0.15) is 0 Å². The van der Waals surface area contributed by atoms with Gasteiger partial charge in [0, 0.05) is 18.7 Å². The van der Waals surface area contributed by atoms with E-state index in [1.54, 1.807) is 6.07 Å². The van der Waals surface area contributed by atoms with Crippen LogP contribution in [-0.2, 0) is 14.8 Å². The quantitative estimate of drug-likeness (QED) is 0.500. The van der Waals surface area contributed by atoms with Gasteiger partial charge < -0.3 is 11.5 Å². The third-order valence-electron chi connectivity index (χ3n) is 2.70. The number of primary amides is 1. The lowest BCUT2D eigenvalue weighted by Gasteiger charge is -2.08. The van der Waals surface area contributed by atoms with Crippen LogP contribution in [0.25, 0.3) is 0 Å². The molecule has 0 bridgehead atoms. The van der Waals surface area contributed by atoms with Crippen molar-refractivity contribution < 1.29 is 13.2 Å². The minimum absolute atomic E-state index is 0.144. The van der Waals surface area contributed by atoms with Crippen molar-refractivity contribution in [1.29, 1.82) is 0 Å². The molecule has 0 spiro atoms. The first-order valence-corrected chi connectivity index (χ1v) is 7.45. The summed E-state index contributed by atoms with van der Waals surface area (Å²) in [5.74, 6) is -0.380. The normalized spacial score (nSPS) is 11.4. The monoisotopic (exact) mass is 285 g/mol. The van der Waals surface area contributed by atoms with Crippen LogP contribution in [0.4, 0.5) is 5.69 Å². The van der Waals surface area contributed by atoms with Crippen molar-refractivity contribution in [2.24, 2.45) is 5.73 Å². The lowest BCUT2D eigenvalue weighted by molar-refractivity contribution is -0.118. The number of carbonyl (C=O) groups excluding carboxylic acids is 1. The molecule has 0 heterocycles. The van der Waals surface area contributed by atoms with E-state index in [1.165, 1.54) is 12.1 Å². The van der Waals surface area contributed by atoms with Gasteiger partial charge in [0.05, 0.1) is 4.90 Å². The number of carbonyl (C=O) groups is 1. The van der Waals surface area contributed by atoms with Crippen molar-refractivity contribution in [3.8, 4) is 0 Å². The number of benzene rings is 1. The first-order valence-electron chi connectivity index (χ1n) is 5.97. The van der Waals surface area contributed by atoms with Crippen LogP contribution < -0.4 is 16.2 Å². The molecular weight excluding hydrogens is 266 g/mol. The van der Waals surface area contributed by atoms with Crippen molar-refractivity contribution in [3.63, 3.8) is 0 Å². The Bertz CT molecular complexity index is 555. The number of nitrogen functional groups attached to an aromatic ring is 1. The van der Waals surface area contributed by atoms with Gasteiger partial charge in [-0.1, -0.05) is 6.07 Å². The van der Waals surface area contributed by atoms with Gasteiger partial charge in [-0.25, -0.2) is 13.1 Å². The van der Waals surface area contributed by atoms with Gasteiger partial charge in [-0.15, -0.1) is 0 Å². The fourth-order valence-electron chi connectivity index (χ4n) is 1.50. The average molecular weight is 285 g/mol. The van der Waals surface area contributed by atoms with Crippen molar-refractivity contribution in [2.45, 2.75) is 31.1 Å². The Kier molecular flexibility index (Phi) is 5.31. The molecule has 0 radical (unpaired) electrons. The molecule has 1 aromatic carbocycles. The average Bonchev–Trinajstić information content (AvgIpc) is 2.31. The highest BCUT2D eigenvalue weighted by Crippen LogP contribution is 2.16. The molecule has 1 amide bonds. The van der Waals surface area contributed by atoms with Crippen molar-refractivity contribution >= 4 is 21.6 Å². The topological polar surface area (TPSA) is 115 Å². The van der Waals surface area contributed by atoms with Crippen LogP contribution in [0.3, 0.4) is 0 Å². The molecule has 7 heteroatoms. The number of amides is 1. The van der Waals surface area contributed by atoms with Crippen LogP contribution in [-0.4, -0.2) is 20.9 Å². The van der Waals surface area contributed by atoms with Crippen LogP contribution in [0.2, 0.25) is 0 Å². The Morgan fingerprint density at radius 3 is 2.58 bits per heavy atom. The molecule has 19 heavy (non-hydrogen) atoms. The Morgan fingerprint density at radius 1 is 1.32 bits per heavy atom. The van der Waals surface area contributed by atoms with Gasteiger partial charge in [0.15, 0.2) is 0 Å². The predicted octanol–water partition coefficient (Wildman–Crippen LogP) is 0.511. The molecule has 0 saturated heterocycles. The van der Waals surface area contributed by atoms with E-state index in [2.05, 4.69) is 4.72 Å². The number of rotatable bonds is 7. The van der Waals surface area contributed by atoms with E-state index in [0.29, 0.717) is 18.5 Å². The molecule has 0 saturated carbocycles. The summed E-state index contributed by atoms with van der Waals surface area (Å²) in [6, 6.07) is 4.61. The molecule has 0 unspecified atom stereocenters. The fraction of sp³-hybridized carbons (Fsp3) is 0.417. The number of unbranched alkanes of at least 4 members (excludes halogenated alkanes) is 1. The third-order valence-corrected chi connectivity index (χ3v) is 4.16. The zero-order valence-electron chi connectivity index (χ0n) is 10.8. The minimum atomic E-state index is -3.55. The van der Waals surface area contributed by atoms with E-state index in [4.69, 9.17) is 11.5 Å². The number of nitrogens with one attached hydrogen (secondary N) is 1. The number of nitrogens with two attached hydrogens (primary N) is 2. The Labute approximate surface area is 113 Å². The molecule has 0 aliphatic heterocycles. The number of aryl methyl sites for hydroxylation is 1. The van der Waals surface area contributed by atoms with Crippen molar-refractivity contribution in [2.75, 3.05) is 12.3 Å². The minimum Gasteiger partial charge on any atom is -0.398 e. The maximum Gasteiger partial charge on any atom is 0.240 e. The third kappa shape index (κ3) is 4.88. The van der Waals surface area contributed by atoms with Gasteiger partial charge >= 0.3 is 0 Å². The predicted molar refractivity (Wildman–Crippen MR) is 73.8 cm³/mol. The fourth-order valence-corrected chi connectivity index (χ4v) is 2.61. The molecule has 106 valence electrons. The Balaban J connectivity index is 2.56. The molecule has 0 atom stereocenters. The second kappa shape index (κ2) is 6.53. The van der Waals surface area contributed by atoms with Crippen LogP contribution in [0.5, 0.6) is 0 Å². The molecule has 0 fully saturated rings. The Morgan fingerprint density at radius 2 is 2.00 bits per heavy atom. The molecule has 5 N–H and O–H groups in total. The van der Waals surface area contributed by atoms with E-state index in [-0.39, 0.29) is 23.8 Å². The first kappa shape index (κ1) is 15.5. The summed E-state index contributed by atoms with van der Waals surface area (Å²) in [6.07, 6.45) is 1.39. The maximum absolute atomic E-state index is 11.9. The second-order valence-electron chi connectivity index (χ2n) is 4.34. The largest absolute Gasteiger partial charge is 0.398 e. The van der Waals surface area contributed by atoms with Crippen LogP contribution >= 0.6 is 0 Å². The molecule has 0 aliphatic carbocycles. The number of hydrogen-bond acceptors (Lipinski definition) is 4. The Hall–Kier alpha value is -1.60. The van der Waals surface area contributed by atoms with E-state index in [9.17, 15) is 13.2 Å². The standard InChI is InChI=1S/C12H19N3O3S/c1-9-5-6-10(8-11(9)13)19(17,18)15-7-3-2-4-12(14)16/h5-6,8,15H,2-4,7,13H2,1H3,(H2,14,16). The molecule has 0 aromatic heterocycles. The van der Waals surface area contributed by atoms with Crippen LogP contribution in [0.15, 0.2) is 23.1 Å². The summed E-state index contributed by atoms with van der Waals surface area (Å²) in [5.41, 5.74) is 11.9. The maximum atomic E-state index is 11.9. The number of sulfonamides is 1. The summed E-state index contributed by atoms with van der Waals surface area (Å²) in [5, 5.41) is 0. The van der Waals surface area contributed by atoms with Crippen molar-refractivity contribution in [1.82, 2.24) is 4.72 Å². The summed E-state index contributed by atoms with van der Waals surface area (Å²) >= 11 is 0. The van der Waals surface area contributed by atoms with Gasteiger partial charge in [-0.2, -0.15) is 0 Å². The van der Waals surface area contributed by atoms with Crippen LogP contribution in [0.1, 0.15) is 24.8 Å². The van der Waals surface area contributed by atoms with Crippen LogP contribution in [0, 0.1) is 6.92 Å². The molecule has 0 aliphatic rings. The molecule has 6 nitrogen and oxygen atoms in total. The van der Waals surface area contributed by atoms with E-state index in [0.717, 1.165) is 5.56 Å². The highest BCUT2D eigenvalue weighted by Gasteiger charge is 2.13. The summed E-state index contributed by atoms with van der Waals surface area (Å²) < 4.78 is 26.3. The lowest BCUT2D eigenvalue weighted by Crippen LogP contribution is -2.25. The summed E-state index contributed by atoms with van der Waals surface area (Å²) in [4.78, 5) is 10.7. The van der Waals surface area contributed by atoms with Gasteiger partial charge in [0.2, 0.25) is 15.9 Å². The first-order chi connectivity index (χ1) is 8.83. The van der Waals surface area contributed by atoms with Crippen molar-refractivity contribution in [3.05, 3.63) is 23.8 Å². The lowest BCUT2D eigenvalue weighted by atomic mass is 10.2. The molecule has 1 rings (SSSR count). The van der Waals surface area contributed by atoms with Gasteiger partial charge in [-0.3, -0.25) is 4.79 Å². The zero-order valence-corrected chi connectivity index (χ0v) is 11.7. The smallest absolute Gasteiger partial charge is 0.240 e. The zero-order chi connectivity index (χ0) is 14.5. The summed E-state index contributed by atoms with van der Waals surface area (Å²) in [7, 11) is -3.55. The van der Waals surface area contributed by atoms with E-state index < -0.39 is 10.0 Å². The highest BCUT2D eigenvalue weighted by atomic mass is 32.2. The van der Waals surface area contributed by atoms with Gasteiger partial charge in [-0.05, 0) is 37.5 Å². The van der Waals surface area contributed by atoms with E-state index in [1.807, 2.05) is 6.92 Å². The highest BCUT2D eigenvalue weighted by molar-refractivity contribution is 7.89.